The van der Waals surface area contributed by atoms with Crippen molar-refractivity contribution in [1.82, 2.24) is 19.7 Å². The third-order valence-electron chi connectivity index (χ3n) is 4.16. The highest BCUT2D eigenvalue weighted by atomic mass is 19.3. The van der Waals surface area contributed by atoms with Crippen molar-refractivity contribution in [1.29, 1.82) is 5.26 Å². The zero-order valence-electron chi connectivity index (χ0n) is 16.2. The lowest BCUT2D eigenvalue weighted by atomic mass is 10.2. The molecule has 0 spiro atoms. The number of hydrogen-bond donors (Lipinski definition) is 1. The second kappa shape index (κ2) is 9.56. The average molecular weight is 411 g/mol. The fourth-order valence-corrected chi connectivity index (χ4v) is 2.69. The third kappa shape index (κ3) is 5.81. The maximum atomic E-state index is 12.4. The minimum Gasteiger partial charge on any atom is -0.354 e. The summed E-state index contributed by atoms with van der Waals surface area (Å²) in [4.78, 5) is 21.9. The van der Waals surface area contributed by atoms with E-state index in [0.29, 0.717) is 29.3 Å². The molecule has 1 amide bonds. The molecule has 154 valence electrons. The first-order valence-corrected chi connectivity index (χ1v) is 9.05. The second-order valence-corrected chi connectivity index (χ2v) is 6.57. The van der Waals surface area contributed by atoms with Gasteiger partial charge in [-0.25, -0.2) is 13.8 Å². The first kappa shape index (κ1) is 20.9. The van der Waals surface area contributed by atoms with E-state index < -0.39 is 13.0 Å². The van der Waals surface area contributed by atoms with E-state index in [1.54, 1.807) is 41.2 Å². The Labute approximate surface area is 171 Å². The van der Waals surface area contributed by atoms with Crippen LogP contribution in [0, 0.1) is 11.3 Å². The van der Waals surface area contributed by atoms with Crippen LogP contribution in [0.4, 0.5) is 20.4 Å². The molecule has 3 aromatic rings. The summed E-state index contributed by atoms with van der Waals surface area (Å²) < 4.78 is 26.5. The molecule has 3 heterocycles. The summed E-state index contributed by atoms with van der Waals surface area (Å²) >= 11 is 0. The standard InChI is InChI=1S/C20H19F2N7O/c1-28(13-17(21)22)19-5-3-14(10-25-19)8-20(30)26-18-6-7-29(27-18)12-16-4-2-15(9-23)11-24-16/h2-7,10-11,17H,8,12-13H2,1H3,(H,26,27,30). The number of nitrogens with one attached hydrogen (secondary N) is 1. The van der Waals surface area contributed by atoms with Crippen LogP contribution in [0.15, 0.2) is 48.9 Å². The number of halogens is 2. The quantitative estimate of drug-likeness (QED) is 0.611. The van der Waals surface area contributed by atoms with Gasteiger partial charge in [-0.2, -0.15) is 10.4 Å². The summed E-state index contributed by atoms with van der Waals surface area (Å²) in [5, 5.41) is 15.8. The van der Waals surface area contributed by atoms with Gasteiger partial charge in [-0.3, -0.25) is 14.5 Å². The summed E-state index contributed by atoms with van der Waals surface area (Å²) in [5.74, 6) is 0.539. The number of nitrogens with zero attached hydrogens (tertiary/aromatic N) is 6. The zero-order valence-corrected chi connectivity index (χ0v) is 16.2. The first-order valence-electron chi connectivity index (χ1n) is 9.05. The smallest absolute Gasteiger partial charge is 0.255 e. The van der Waals surface area contributed by atoms with E-state index in [0.717, 1.165) is 5.69 Å². The van der Waals surface area contributed by atoms with Crippen LogP contribution >= 0.6 is 0 Å². The van der Waals surface area contributed by atoms with Crippen LogP contribution < -0.4 is 10.2 Å². The Morgan fingerprint density at radius 1 is 1.23 bits per heavy atom. The predicted molar refractivity (Wildman–Crippen MR) is 106 cm³/mol. The Bertz CT molecular complexity index is 1030. The number of rotatable bonds is 8. The van der Waals surface area contributed by atoms with Crippen molar-refractivity contribution in [2.45, 2.75) is 19.4 Å². The van der Waals surface area contributed by atoms with E-state index in [-0.39, 0.29) is 12.3 Å². The van der Waals surface area contributed by atoms with Gasteiger partial charge in [0.05, 0.1) is 30.8 Å². The van der Waals surface area contributed by atoms with E-state index in [1.165, 1.54) is 24.3 Å². The van der Waals surface area contributed by atoms with Crippen molar-refractivity contribution in [2.75, 3.05) is 23.8 Å². The Morgan fingerprint density at radius 2 is 2.07 bits per heavy atom. The molecular formula is C20H19F2N7O. The number of pyridine rings is 2. The number of nitriles is 1. The van der Waals surface area contributed by atoms with Crippen molar-refractivity contribution in [2.24, 2.45) is 0 Å². The molecular weight excluding hydrogens is 392 g/mol. The fraction of sp³-hybridized carbons (Fsp3) is 0.250. The van der Waals surface area contributed by atoms with Gasteiger partial charge in [-0.1, -0.05) is 6.07 Å². The van der Waals surface area contributed by atoms with Gasteiger partial charge in [0.25, 0.3) is 6.43 Å². The highest BCUT2D eigenvalue weighted by molar-refractivity contribution is 5.91. The molecule has 8 nitrogen and oxygen atoms in total. The molecule has 0 aromatic carbocycles. The summed E-state index contributed by atoms with van der Waals surface area (Å²) in [6.07, 6.45) is 2.33. The number of hydrogen-bond acceptors (Lipinski definition) is 6. The monoisotopic (exact) mass is 411 g/mol. The fourth-order valence-electron chi connectivity index (χ4n) is 2.69. The van der Waals surface area contributed by atoms with E-state index in [1.807, 2.05) is 6.07 Å². The number of carbonyl (C=O) groups excluding carboxylic acids is 1. The predicted octanol–water partition coefficient (Wildman–Crippen LogP) is 2.48. The molecule has 3 rings (SSSR count). The lowest BCUT2D eigenvalue weighted by Gasteiger charge is -2.17. The Morgan fingerprint density at radius 3 is 2.70 bits per heavy atom. The third-order valence-corrected chi connectivity index (χ3v) is 4.16. The Kier molecular flexibility index (Phi) is 6.64. The molecule has 0 saturated carbocycles. The number of anilines is 2. The topological polar surface area (TPSA) is 99.7 Å². The molecule has 0 unspecified atom stereocenters. The highest BCUT2D eigenvalue weighted by Gasteiger charge is 2.11. The number of amides is 1. The van der Waals surface area contributed by atoms with E-state index in [2.05, 4.69) is 20.4 Å². The van der Waals surface area contributed by atoms with Crippen LogP contribution in [0.3, 0.4) is 0 Å². The van der Waals surface area contributed by atoms with Gasteiger partial charge >= 0.3 is 0 Å². The van der Waals surface area contributed by atoms with Gasteiger partial charge in [0, 0.05) is 31.7 Å². The lowest BCUT2D eigenvalue weighted by Crippen LogP contribution is -2.24. The van der Waals surface area contributed by atoms with Crippen LogP contribution in [0.5, 0.6) is 0 Å². The van der Waals surface area contributed by atoms with Crippen LogP contribution in [0.25, 0.3) is 0 Å². The minimum atomic E-state index is -2.45. The molecule has 0 saturated heterocycles. The molecule has 0 bridgehead atoms. The van der Waals surface area contributed by atoms with Crippen LogP contribution in [0.1, 0.15) is 16.8 Å². The van der Waals surface area contributed by atoms with Crippen molar-refractivity contribution in [3.63, 3.8) is 0 Å². The maximum absolute atomic E-state index is 12.4. The molecule has 3 aromatic heterocycles. The van der Waals surface area contributed by atoms with Crippen molar-refractivity contribution < 1.29 is 13.6 Å². The van der Waals surface area contributed by atoms with Gasteiger partial charge in [0.2, 0.25) is 5.91 Å². The number of carbonyl (C=O) groups is 1. The molecule has 0 aliphatic rings. The van der Waals surface area contributed by atoms with Gasteiger partial charge < -0.3 is 10.2 Å². The van der Waals surface area contributed by atoms with Crippen molar-refractivity contribution >= 4 is 17.5 Å². The maximum Gasteiger partial charge on any atom is 0.255 e. The summed E-state index contributed by atoms with van der Waals surface area (Å²) in [6.45, 7) is -0.00737. The lowest BCUT2D eigenvalue weighted by molar-refractivity contribution is -0.115. The van der Waals surface area contributed by atoms with Crippen LogP contribution in [-0.4, -0.2) is 45.7 Å². The normalized spacial score (nSPS) is 10.6. The molecule has 0 aliphatic heterocycles. The molecule has 0 aliphatic carbocycles. The SMILES string of the molecule is CN(CC(F)F)c1ccc(CC(=O)Nc2ccn(Cc3ccc(C#N)cn3)n2)cn1. The van der Waals surface area contributed by atoms with Gasteiger partial charge in [-0.15, -0.1) is 0 Å². The highest BCUT2D eigenvalue weighted by Crippen LogP contribution is 2.12. The average Bonchev–Trinajstić information content (AvgIpc) is 3.15. The summed E-state index contributed by atoms with van der Waals surface area (Å²) in [5.41, 5.74) is 1.87. The van der Waals surface area contributed by atoms with Gasteiger partial charge in [-0.05, 0) is 23.8 Å². The molecule has 0 atom stereocenters. The Hall–Kier alpha value is -3.87. The van der Waals surface area contributed by atoms with E-state index in [9.17, 15) is 13.6 Å². The Balaban J connectivity index is 1.53. The molecule has 10 heteroatoms. The van der Waals surface area contributed by atoms with E-state index >= 15 is 0 Å². The number of alkyl halides is 2. The minimum absolute atomic E-state index is 0.0792. The number of aromatic nitrogens is 4. The van der Waals surface area contributed by atoms with Crippen molar-refractivity contribution in [3.8, 4) is 6.07 Å². The molecule has 0 fully saturated rings. The molecule has 30 heavy (non-hydrogen) atoms. The summed E-state index contributed by atoms with van der Waals surface area (Å²) in [7, 11) is 1.53. The van der Waals surface area contributed by atoms with Crippen molar-refractivity contribution in [3.05, 3.63) is 65.7 Å². The summed E-state index contributed by atoms with van der Waals surface area (Å²) in [6, 6.07) is 10.4. The largest absolute Gasteiger partial charge is 0.354 e. The van der Waals surface area contributed by atoms with E-state index in [4.69, 9.17) is 5.26 Å². The second-order valence-electron chi connectivity index (χ2n) is 6.57. The molecule has 0 radical (unpaired) electrons. The van der Waals surface area contributed by atoms with Gasteiger partial charge in [0.1, 0.15) is 11.9 Å². The van der Waals surface area contributed by atoms with Crippen LogP contribution in [0.2, 0.25) is 0 Å². The van der Waals surface area contributed by atoms with Gasteiger partial charge in [0.15, 0.2) is 5.82 Å². The molecule has 1 N–H and O–H groups in total. The first-order chi connectivity index (χ1) is 14.4. The zero-order chi connectivity index (χ0) is 21.5. The van der Waals surface area contributed by atoms with Crippen LogP contribution in [-0.2, 0) is 17.8 Å².